The van der Waals surface area contributed by atoms with Crippen LogP contribution in [0.5, 0.6) is 0 Å². The van der Waals surface area contributed by atoms with Crippen LogP contribution in [-0.4, -0.2) is 59.3 Å². The maximum Gasteiger partial charge on any atom is 2.00 e. The van der Waals surface area contributed by atoms with Gasteiger partial charge >= 0.3 is 23.9 Å². The molecular weight excluding hydrogens is 527 g/mol. The SMILES string of the molecule is CCCCCCCCCCCC(=O)[O-].CCCCCCCCCCCC(=O)[O-].OCCO.[Sn+2]. The molecule has 6 nitrogen and oxygen atoms in total. The molecule has 0 aliphatic rings. The van der Waals surface area contributed by atoms with Crippen molar-refractivity contribution in [2.24, 2.45) is 0 Å². The molecule has 2 N–H and O–H groups in total. The van der Waals surface area contributed by atoms with Crippen molar-refractivity contribution in [1.29, 1.82) is 0 Å². The maximum atomic E-state index is 10.1. The van der Waals surface area contributed by atoms with Crippen molar-refractivity contribution >= 4 is 35.8 Å². The molecule has 196 valence electrons. The van der Waals surface area contributed by atoms with E-state index < -0.39 is 11.9 Å². The molecule has 7 heteroatoms. The van der Waals surface area contributed by atoms with Crippen molar-refractivity contribution in [3.63, 3.8) is 0 Å². The molecule has 33 heavy (non-hydrogen) atoms. The summed E-state index contributed by atoms with van der Waals surface area (Å²) < 4.78 is 0. The van der Waals surface area contributed by atoms with Crippen LogP contribution in [0.2, 0.25) is 0 Å². The van der Waals surface area contributed by atoms with Gasteiger partial charge in [-0.3, -0.25) is 0 Å². The van der Waals surface area contributed by atoms with Gasteiger partial charge in [0.2, 0.25) is 0 Å². The number of hydrogen-bond acceptors (Lipinski definition) is 6. The number of rotatable bonds is 21. The minimum Gasteiger partial charge on any atom is -0.550 e. The van der Waals surface area contributed by atoms with Gasteiger partial charge in [-0.2, -0.15) is 0 Å². The van der Waals surface area contributed by atoms with Crippen LogP contribution in [0.1, 0.15) is 142 Å². The Kier molecular flexibility index (Phi) is 47.0. The van der Waals surface area contributed by atoms with Crippen LogP contribution in [0.25, 0.3) is 0 Å². The monoisotopic (exact) mass is 580 g/mol. The maximum absolute atomic E-state index is 10.1. The van der Waals surface area contributed by atoms with E-state index >= 15 is 0 Å². The van der Waals surface area contributed by atoms with E-state index in [0.717, 1.165) is 25.7 Å². The summed E-state index contributed by atoms with van der Waals surface area (Å²) in [6.45, 7) is 4.19. The fourth-order valence-electron chi connectivity index (χ4n) is 3.16. The smallest absolute Gasteiger partial charge is 0.550 e. The molecule has 0 amide bonds. The number of carboxylic acid groups (broad SMARTS) is 2. The van der Waals surface area contributed by atoms with Gasteiger partial charge < -0.3 is 30.0 Å². The van der Waals surface area contributed by atoms with Gasteiger partial charge in [0, 0.05) is 11.9 Å². The quantitative estimate of drug-likeness (QED) is 0.157. The van der Waals surface area contributed by atoms with Crippen molar-refractivity contribution < 1.29 is 30.0 Å². The fraction of sp³-hybridized carbons (Fsp3) is 0.923. The van der Waals surface area contributed by atoms with Crippen LogP contribution in [0.3, 0.4) is 0 Å². The summed E-state index contributed by atoms with van der Waals surface area (Å²) in [4.78, 5) is 20.2. The number of aliphatic hydroxyl groups is 2. The second-order valence-corrected chi connectivity index (χ2v) is 8.35. The normalized spacial score (nSPS) is 9.70. The first kappa shape index (κ1) is 39.9. The molecule has 0 atom stereocenters. The molecule has 0 heterocycles. The third-order valence-corrected chi connectivity index (χ3v) is 5.07. The van der Waals surface area contributed by atoms with Crippen LogP contribution in [0.15, 0.2) is 0 Å². The van der Waals surface area contributed by atoms with Crippen molar-refractivity contribution in [2.75, 3.05) is 13.2 Å². The summed E-state index contributed by atoms with van der Waals surface area (Å²) in [5.74, 6) is -1.82. The van der Waals surface area contributed by atoms with E-state index in [9.17, 15) is 19.8 Å². The Bertz CT molecular complexity index is 333. The predicted octanol–water partition coefficient (Wildman–Crippen LogP) is 3.90. The van der Waals surface area contributed by atoms with E-state index in [4.69, 9.17) is 10.2 Å². The van der Waals surface area contributed by atoms with Crippen LogP contribution < -0.4 is 10.2 Å². The van der Waals surface area contributed by atoms with E-state index in [2.05, 4.69) is 13.8 Å². The van der Waals surface area contributed by atoms with Gasteiger partial charge in [0.1, 0.15) is 0 Å². The van der Waals surface area contributed by atoms with Gasteiger partial charge in [0.05, 0.1) is 13.2 Å². The van der Waals surface area contributed by atoms with E-state index in [-0.39, 0.29) is 50.0 Å². The second kappa shape index (κ2) is 38.9. The molecule has 0 aliphatic carbocycles. The summed E-state index contributed by atoms with van der Waals surface area (Å²) in [6, 6.07) is 0. The Balaban J connectivity index is -0.000000213. The number of hydrogen-bond donors (Lipinski definition) is 2. The second-order valence-electron chi connectivity index (χ2n) is 8.35. The molecule has 0 unspecified atom stereocenters. The molecule has 2 radical (unpaired) electrons. The molecule has 0 fully saturated rings. The minimum atomic E-state index is -0.909. The van der Waals surface area contributed by atoms with Crippen molar-refractivity contribution in [3.8, 4) is 0 Å². The van der Waals surface area contributed by atoms with Gasteiger partial charge in [-0.25, -0.2) is 0 Å². The van der Waals surface area contributed by atoms with Crippen LogP contribution in [-0.2, 0) is 9.59 Å². The Morgan fingerprint density at radius 1 is 0.485 bits per heavy atom. The molecule has 0 aromatic carbocycles. The Morgan fingerprint density at radius 2 is 0.697 bits per heavy atom. The Labute approximate surface area is 220 Å². The standard InChI is InChI=1S/2C12H24O2.C2H6O2.Sn/c2*1-2-3-4-5-6-7-8-9-10-11-12(13)14;3-1-2-4;/h2*2-11H2,1H3,(H,13,14);3-4H,1-2H2;/q;;;+2/p-2. The number of unbranched alkanes of at least 4 members (excludes halogenated alkanes) is 16. The van der Waals surface area contributed by atoms with Crippen molar-refractivity contribution in [1.82, 2.24) is 0 Å². The summed E-state index contributed by atoms with van der Waals surface area (Å²) in [5, 5.41) is 35.4. The number of carbonyl (C=O) groups is 2. The fourth-order valence-corrected chi connectivity index (χ4v) is 3.16. The molecule has 0 bridgehead atoms. The average molecular weight is 579 g/mol. The Morgan fingerprint density at radius 3 is 0.879 bits per heavy atom. The van der Waals surface area contributed by atoms with Gasteiger partial charge in [-0.15, -0.1) is 0 Å². The molecule has 0 saturated carbocycles. The van der Waals surface area contributed by atoms with Crippen LogP contribution in [0.4, 0.5) is 0 Å². The molecule has 0 aliphatic heterocycles. The first-order valence-electron chi connectivity index (χ1n) is 13.1. The van der Waals surface area contributed by atoms with E-state index in [0.29, 0.717) is 0 Å². The topological polar surface area (TPSA) is 121 Å². The van der Waals surface area contributed by atoms with Crippen LogP contribution in [0, 0.1) is 0 Å². The molecular formula is C26H52O6Sn. The number of aliphatic hydroxyl groups excluding tert-OH is 2. The van der Waals surface area contributed by atoms with Crippen molar-refractivity contribution in [2.45, 2.75) is 142 Å². The first-order chi connectivity index (χ1) is 15.5. The van der Waals surface area contributed by atoms with E-state index in [1.54, 1.807) is 0 Å². The average Bonchev–Trinajstić information content (AvgIpc) is 2.77. The van der Waals surface area contributed by atoms with Gasteiger partial charge in [-0.1, -0.05) is 117 Å². The van der Waals surface area contributed by atoms with E-state index in [1.807, 2.05) is 0 Å². The van der Waals surface area contributed by atoms with Crippen LogP contribution >= 0.6 is 0 Å². The largest absolute Gasteiger partial charge is 2.00 e. The number of carboxylic acids is 2. The Hall–Kier alpha value is -0.341. The third kappa shape index (κ3) is 54.2. The molecule has 0 aromatic rings. The predicted molar refractivity (Wildman–Crippen MR) is 134 cm³/mol. The van der Waals surface area contributed by atoms with Gasteiger partial charge in [-0.05, 0) is 25.7 Å². The summed E-state index contributed by atoms with van der Waals surface area (Å²) in [5.41, 5.74) is 0. The zero-order valence-corrected chi connectivity index (χ0v) is 24.4. The molecule has 0 rings (SSSR count). The number of carbonyl (C=O) groups excluding carboxylic acids is 2. The summed E-state index contributed by atoms with van der Waals surface area (Å²) >= 11 is 0. The first-order valence-corrected chi connectivity index (χ1v) is 13.1. The zero-order valence-electron chi connectivity index (χ0n) is 21.6. The van der Waals surface area contributed by atoms with E-state index in [1.165, 1.54) is 89.9 Å². The molecule has 0 aromatic heterocycles. The van der Waals surface area contributed by atoms with Crippen molar-refractivity contribution in [3.05, 3.63) is 0 Å². The van der Waals surface area contributed by atoms with Gasteiger partial charge in [0.25, 0.3) is 0 Å². The third-order valence-electron chi connectivity index (χ3n) is 5.07. The number of aliphatic carboxylic acids is 2. The van der Waals surface area contributed by atoms with Gasteiger partial charge in [0.15, 0.2) is 0 Å². The summed E-state index contributed by atoms with van der Waals surface area (Å²) in [6.07, 6.45) is 22.3. The minimum absolute atomic E-state index is 0. The summed E-state index contributed by atoms with van der Waals surface area (Å²) in [7, 11) is 0. The molecule has 0 saturated heterocycles. The molecule has 0 spiro atoms. The zero-order chi connectivity index (χ0) is 24.7.